The highest BCUT2D eigenvalue weighted by atomic mass is 32.2. The average molecular weight is 279 g/mol. The Morgan fingerprint density at radius 3 is 2.39 bits per heavy atom. The molecule has 6 nitrogen and oxygen atoms in total. The summed E-state index contributed by atoms with van der Waals surface area (Å²) in [7, 11) is -3.09. The van der Waals surface area contributed by atoms with Crippen LogP contribution in [-0.2, 0) is 14.6 Å². The molecule has 0 spiro atoms. The van der Waals surface area contributed by atoms with Crippen LogP contribution in [0.2, 0.25) is 0 Å². The number of sulfone groups is 1. The fraction of sp³-hybridized carbons (Fsp3) is 0.909. The molecule has 1 fully saturated rings. The third-order valence-electron chi connectivity index (χ3n) is 2.74. The Hall–Kier alpha value is -0.820. The molecule has 0 saturated carbocycles. The summed E-state index contributed by atoms with van der Waals surface area (Å²) in [6.45, 7) is 5.29. The molecule has 0 aromatic carbocycles. The number of hydrogen-bond acceptors (Lipinski definition) is 5. The standard InChI is InChI=1S/C11H21NO5S/c1-11(2,3)17-10(14)12-4-8-6-18(15,16)7-9(8)5-13/h8-9,13H,4-7H2,1-3H3,(H,12,14)/t8-,9-/m1/s1. The molecular formula is C11H21NO5S. The number of aliphatic hydroxyl groups excluding tert-OH is 1. The summed E-state index contributed by atoms with van der Waals surface area (Å²) in [5, 5.41) is 11.7. The van der Waals surface area contributed by atoms with Gasteiger partial charge in [-0.3, -0.25) is 0 Å². The first-order valence-electron chi connectivity index (χ1n) is 5.91. The van der Waals surface area contributed by atoms with Gasteiger partial charge < -0.3 is 15.2 Å². The van der Waals surface area contributed by atoms with E-state index in [1.807, 2.05) is 0 Å². The minimum absolute atomic E-state index is 0.00796. The summed E-state index contributed by atoms with van der Waals surface area (Å²) in [5.74, 6) is -0.546. The summed E-state index contributed by atoms with van der Waals surface area (Å²) >= 11 is 0. The zero-order chi connectivity index (χ0) is 14.0. The van der Waals surface area contributed by atoms with Gasteiger partial charge in [-0.25, -0.2) is 13.2 Å². The number of carbonyl (C=O) groups is 1. The molecule has 1 aliphatic rings. The van der Waals surface area contributed by atoms with Crippen molar-refractivity contribution in [1.29, 1.82) is 0 Å². The Labute approximate surface area is 108 Å². The van der Waals surface area contributed by atoms with Crippen molar-refractivity contribution in [3.05, 3.63) is 0 Å². The van der Waals surface area contributed by atoms with Gasteiger partial charge in [-0.1, -0.05) is 0 Å². The first kappa shape index (κ1) is 15.2. The summed E-state index contributed by atoms with van der Waals surface area (Å²) < 4.78 is 27.9. The quantitative estimate of drug-likeness (QED) is 0.768. The van der Waals surface area contributed by atoms with Gasteiger partial charge >= 0.3 is 6.09 Å². The number of carbonyl (C=O) groups excluding carboxylic acids is 1. The van der Waals surface area contributed by atoms with Crippen LogP contribution in [0.1, 0.15) is 20.8 Å². The van der Waals surface area contributed by atoms with Gasteiger partial charge in [0.15, 0.2) is 9.84 Å². The van der Waals surface area contributed by atoms with Crippen LogP contribution in [0.5, 0.6) is 0 Å². The molecule has 0 aromatic rings. The highest BCUT2D eigenvalue weighted by Gasteiger charge is 2.37. The lowest BCUT2D eigenvalue weighted by Crippen LogP contribution is -2.37. The Morgan fingerprint density at radius 1 is 1.33 bits per heavy atom. The highest BCUT2D eigenvalue weighted by molar-refractivity contribution is 7.91. The van der Waals surface area contributed by atoms with Gasteiger partial charge in [-0.05, 0) is 26.7 Å². The number of aliphatic hydroxyl groups is 1. The maximum atomic E-state index is 11.4. The minimum atomic E-state index is -3.09. The van der Waals surface area contributed by atoms with Crippen molar-refractivity contribution >= 4 is 15.9 Å². The van der Waals surface area contributed by atoms with Crippen LogP contribution < -0.4 is 5.32 Å². The van der Waals surface area contributed by atoms with E-state index in [-0.39, 0.29) is 36.5 Å². The largest absolute Gasteiger partial charge is 0.444 e. The van der Waals surface area contributed by atoms with Gasteiger partial charge in [-0.15, -0.1) is 0 Å². The third kappa shape index (κ3) is 4.81. The molecule has 1 aliphatic heterocycles. The molecule has 7 heteroatoms. The Kier molecular flexibility index (Phi) is 4.61. The second-order valence-electron chi connectivity index (χ2n) is 5.66. The van der Waals surface area contributed by atoms with Gasteiger partial charge in [0.25, 0.3) is 0 Å². The number of alkyl carbamates (subject to hydrolysis) is 1. The summed E-state index contributed by atoms with van der Waals surface area (Å²) in [4.78, 5) is 11.4. The predicted molar refractivity (Wildman–Crippen MR) is 67.0 cm³/mol. The van der Waals surface area contributed by atoms with E-state index in [1.165, 1.54) is 0 Å². The first-order chi connectivity index (χ1) is 8.13. The van der Waals surface area contributed by atoms with Crippen LogP contribution in [0.25, 0.3) is 0 Å². The van der Waals surface area contributed by atoms with E-state index >= 15 is 0 Å². The van der Waals surface area contributed by atoms with Crippen LogP contribution in [0, 0.1) is 11.8 Å². The molecule has 0 aliphatic carbocycles. The van der Waals surface area contributed by atoms with Crippen molar-refractivity contribution in [2.24, 2.45) is 11.8 Å². The Balaban J connectivity index is 2.46. The van der Waals surface area contributed by atoms with Gasteiger partial charge in [0.1, 0.15) is 5.60 Å². The Bertz CT molecular complexity index is 398. The van der Waals surface area contributed by atoms with Crippen molar-refractivity contribution in [2.75, 3.05) is 24.7 Å². The van der Waals surface area contributed by atoms with E-state index in [0.717, 1.165) is 0 Å². The number of hydrogen-bond donors (Lipinski definition) is 2. The van der Waals surface area contributed by atoms with Crippen LogP contribution >= 0.6 is 0 Å². The monoisotopic (exact) mass is 279 g/mol. The maximum absolute atomic E-state index is 11.4. The van der Waals surface area contributed by atoms with Crippen LogP contribution in [0.4, 0.5) is 4.79 Å². The zero-order valence-corrected chi connectivity index (χ0v) is 11.8. The van der Waals surface area contributed by atoms with Crippen molar-refractivity contribution in [3.63, 3.8) is 0 Å². The molecule has 0 unspecified atom stereocenters. The van der Waals surface area contributed by atoms with E-state index in [2.05, 4.69) is 5.32 Å². The number of ether oxygens (including phenoxy) is 1. The molecule has 0 bridgehead atoms. The molecule has 1 saturated heterocycles. The molecule has 106 valence electrons. The summed E-state index contributed by atoms with van der Waals surface area (Å²) in [5.41, 5.74) is -0.581. The molecule has 0 radical (unpaired) electrons. The zero-order valence-electron chi connectivity index (χ0n) is 11.0. The number of amides is 1. The van der Waals surface area contributed by atoms with E-state index in [1.54, 1.807) is 20.8 Å². The Morgan fingerprint density at radius 2 is 1.89 bits per heavy atom. The van der Waals surface area contributed by atoms with Gasteiger partial charge in [0, 0.05) is 19.1 Å². The topological polar surface area (TPSA) is 92.7 Å². The second-order valence-corrected chi connectivity index (χ2v) is 7.82. The minimum Gasteiger partial charge on any atom is -0.444 e. The summed E-state index contributed by atoms with van der Waals surface area (Å²) in [6.07, 6.45) is -0.566. The van der Waals surface area contributed by atoms with Crippen LogP contribution in [-0.4, -0.2) is 49.9 Å². The summed E-state index contributed by atoms with van der Waals surface area (Å²) in [6, 6.07) is 0. The third-order valence-corrected chi connectivity index (χ3v) is 4.62. The SMILES string of the molecule is CC(C)(C)OC(=O)NC[C@@H]1CS(=O)(=O)C[C@H]1CO. The average Bonchev–Trinajstić information content (AvgIpc) is 2.47. The predicted octanol–water partition coefficient (Wildman–Crippen LogP) is 0.164. The lowest BCUT2D eigenvalue weighted by Gasteiger charge is -2.21. The van der Waals surface area contributed by atoms with Crippen molar-refractivity contribution in [3.8, 4) is 0 Å². The van der Waals surface area contributed by atoms with E-state index in [4.69, 9.17) is 9.84 Å². The van der Waals surface area contributed by atoms with E-state index in [9.17, 15) is 13.2 Å². The van der Waals surface area contributed by atoms with Crippen molar-refractivity contribution < 1.29 is 23.1 Å². The second kappa shape index (κ2) is 5.44. The number of nitrogens with one attached hydrogen (secondary N) is 1. The van der Waals surface area contributed by atoms with E-state index < -0.39 is 21.5 Å². The fourth-order valence-corrected chi connectivity index (χ4v) is 4.16. The van der Waals surface area contributed by atoms with Gasteiger partial charge in [0.05, 0.1) is 11.5 Å². The molecule has 2 atom stereocenters. The maximum Gasteiger partial charge on any atom is 0.407 e. The first-order valence-corrected chi connectivity index (χ1v) is 7.73. The smallest absolute Gasteiger partial charge is 0.407 e. The lowest BCUT2D eigenvalue weighted by atomic mass is 9.97. The molecule has 2 N–H and O–H groups in total. The molecule has 1 heterocycles. The highest BCUT2D eigenvalue weighted by Crippen LogP contribution is 2.24. The van der Waals surface area contributed by atoms with Crippen LogP contribution in [0.15, 0.2) is 0 Å². The fourth-order valence-electron chi connectivity index (χ4n) is 1.95. The van der Waals surface area contributed by atoms with Gasteiger partial charge in [-0.2, -0.15) is 0 Å². The number of rotatable bonds is 3. The normalized spacial score (nSPS) is 26.9. The molecule has 0 aromatic heterocycles. The lowest BCUT2D eigenvalue weighted by molar-refractivity contribution is 0.0513. The van der Waals surface area contributed by atoms with E-state index in [0.29, 0.717) is 0 Å². The molecule has 1 amide bonds. The van der Waals surface area contributed by atoms with Crippen molar-refractivity contribution in [2.45, 2.75) is 26.4 Å². The molecular weight excluding hydrogens is 258 g/mol. The van der Waals surface area contributed by atoms with Crippen LogP contribution in [0.3, 0.4) is 0 Å². The van der Waals surface area contributed by atoms with Crippen molar-refractivity contribution in [1.82, 2.24) is 5.32 Å². The molecule has 18 heavy (non-hydrogen) atoms. The van der Waals surface area contributed by atoms with Gasteiger partial charge in [0.2, 0.25) is 0 Å². The molecule has 1 rings (SSSR count).